The highest BCUT2D eigenvalue weighted by Crippen LogP contribution is 2.18. The average molecular weight is 454 g/mol. The SMILES string of the molecule is Cc1ccc(NC(=O)/C(C#N)=C/c2ccc(OCC(=O)N[C@H](C)c3ccccc3)cc2)cc1C. The molecule has 6 heteroatoms. The maximum atomic E-state index is 12.5. The van der Waals surface area contributed by atoms with E-state index in [1.54, 1.807) is 30.3 Å². The molecule has 0 radical (unpaired) electrons. The standard InChI is InChI=1S/C28H27N3O3/c1-19-9-12-25(15-20(19)2)31-28(33)24(17-29)16-22-10-13-26(14-11-22)34-18-27(32)30-21(3)23-7-5-4-6-8-23/h4-16,21H,18H2,1-3H3,(H,30,32)(H,31,33)/b24-16+/t21-/m1/s1. The zero-order chi connectivity index (χ0) is 24.5. The Bertz CT molecular complexity index is 1230. The molecule has 0 aliphatic heterocycles. The van der Waals surface area contributed by atoms with Crippen LogP contribution in [0.4, 0.5) is 5.69 Å². The van der Waals surface area contributed by atoms with Crippen LogP contribution in [0, 0.1) is 25.2 Å². The van der Waals surface area contributed by atoms with Crippen LogP contribution in [0.5, 0.6) is 5.75 Å². The molecule has 0 bridgehead atoms. The van der Waals surface area contributed by atoms with E-state index in [0.29, 0.717) is 17.0 Å². The molecule has 0 heterocycles. The summed E-state index contributed by atoms with van der Waals surface area (Å²) in [5.74, 6) is -0.192. The Morgan fingerprint density at radius 2 is 1.71 bits per heavy atom. The van der Waals surface area contributed by atoms with Crippen molar-refractivity contribution >= 4 is 23.6 Å². The minimum atomic E-state index is -0.477. The zero-order valence-electron chi connectivity index (χ0n) is 19.5. The van der Waals surface area contributed by atoms with Crippen molar-refractivity contribution in [2.24, 2.45) is 0 Å². The molecule has 0 aromatic heterocycles. The number of amides is 2. The molecule has 3 rings (SSSR count). The van der Waals surface area contributed by atoms with E-state index in [0.717, 1.165) is 16.7 Å². The topological polar surface area (TPSA) is 91.2 Å². The first-order valence-electron chi connectivity index (χ1n) is 10.9. The van der Waals surface area contributed by atoms with Crippen LogP contribution in [-0.2, 0) is 9.59 Å². The van der Waals surface area contributed by atoms with Crippen molar-refractivity contribution in [2.75, 3.05) is 11.9 Å². The zero-order valence-corrected chi connectivity index (χ0v) is 19.5. The fourth-order valence-electron chi connectivity index (χ4n) is 3.25. The largest absolute Gasteiger partial charge is 0.484 e. The third-order valence-corrected chi connectivity index (χ3v) is 5.37. The van der Waals surface area contributed by atoms with E-state index in [1.807, 2.05) is 69.3 Å². The Labute approximate surface area is 199 Å². The molecule has 0 aliphatic rings. The first kappa shape index (κ1) is 24.3. The van der Waals surface area contributed by atoms with Crippen molar-refractivity contribution in [2.45, 2.75) is 26.8 Å². The van der Waals surface area contributed by atoms with Crippen molar-refractivity contribution in [1.82, 2.24) is 5.32 Å². The molecule has 0 fully saturated rings. The summed E-state index contributed by atoms with van der Waals surface area (Å²) in [6.45, 7) is 5.75. The number of hydrogen-bond donors (Lipinski definition) is 2. The summed E-state index contributed by atoms with van der Waals surface area (Å²) in [7, 11) is 0. The second kappa shape index (κ2) is 11.5. The van der Waals surface area contributed by atoms with Gasteiger partial charge >= 0.3 is 0 Å². The Morgan fingerprint density at radius 3 is 2.35 bits per heavy atom. The van der Waals surface area contributed by atoms with Gasteiger partial charge in [-0.25, -0.2) is 0 Å². The number of aryl methyl sites for hydroxylation is 2. The molecule has 2 amide bonds. The van der Waals surface area contributed by atoms with Crippen LogP contribution in [0.1, 0.15) is 35.2 Å². The Kier molecular flexibility index (Phi) is 8.20. The van der Waals surface area contributed by atoms with Crippen molar-refractivity contribution in [3.8, 4) is 11.8 Å². The lowest BCUT2D eigenvalue weighted by Gasteiger charge is -2.14. The third kappa shape index (κ3) is 6.81. The lowest BCUT2D eigenvalue weighted by Crippen LogP contribution is -2.31. The second-order valence-corrected chi connectivity index (χ2v) is 7.98. The molecule has 0 saturated carbocycles. The maximum absolute atomic E-state index is 12.5. The van der Waals surface area contributed by atoms with Gasteiger partial charge in [-0.3, -0.25) is 9.59 Å². The average Bonchev–Trinajstić information content (AvgIpc) is 2.84. The number of rotatable bonds is 8. The van der Waals surface area contributed by atoms with Crippen LogP contribution in [0.15, 0.2) is 78.4 Å². The Morgan fingerprint density at radius 1 is 1.00 bits per heavy atom. The molecule has 0 aliphatic carbocycles. The van der Waals surface area contributed by atoms with Crippen molar-refractivity contribution in [3.05, 3.63) is 101 Å². The lowest BCUT2D eigenvalue weighted by molar-refractivity contribution is -0.123. The maximum Gasteiger partial charge on any atom is 0.266 e. The quantitative estimate of drug-likeness (QED) is 0.366. The van der Waals surface area contributed by atoms with Crippen molar-refractivity contribution in [1.29, 1.82) is 5.26 Å². The highest BCUT2D eigenvalue weighted by atomic mass is 16.5. The van der Waals surface area contributed by atoms with Gasteiger partial charge in [-0.2, -0.15) is 5.26 Å². The fraction of sp³-hybridized carbons (Fsp3) is 0.179. The Hall–Kier alpha value is -4.37. The molecular formula is C28H27N3O3. The molecule has 172 valence electrons. The fourth-order valence-corrected chi connectivity index (χ4v) is 3.25. The summed E-state index contributed by atoms with van der Waals surface area (Å²) >= 11 is 0. The number of nitrogens with zero attached hydrogens (tertiary/aromatic N) is 1. The summed E-state index contributed by atoms with van der Waals surface area (Å²) in [6.07, 6.45) is 1.51. The van der Waals surface area contributed by atoms with E-state index in [9.17, 15) is 14.9 Å². The molecule has 3 aromatic rings. The van der Waals surface area contributed by atoms with Crippen LogP contribution in [0.3, 0.4) is 0 Å². The Balaban J connectivity index is 1.56. The summed E-state index contributed by atoms with van der Waals surface area (Å²) in [5.41, 5.74) is 4.49. The smallest absolute Gasteiger partial charge is 0.266 e. The second-order valence-electron chi connectivity index (χ2n) is 7.98. The van der Waals surface area contributed by atoms with E-state index in [2.05, 4.69) is 10.6 Å². The normalized spacial score (nSPS) is 11.8. The molecule has 3 aromatic carbocycles. The van der Waals surface area contributed by atoms with Crippen molar-refractivity contribution in [3.63, 3.8) is 0 Å². The van der Waals surface area contributed by atoms with Crippen LogP contribution in [0.2, 0.25) is 0 Å². The monoisotopic (exact) mass is 453 g/mol. The number of carbonyl (C=O) groups is 2. The lowest BCUT2D eigenvalue weighted by atomic mass is 10.1. The van der Waals surface area contributed by atoms with E-state index >= 15 is 0 Å². The van der Waals surface area contributed by atoms with Gasteiger partial charge in [-0.15, -0.1) is 0 Å². The predicted molar refractivity (Wildman–Crippen MR) is 133 cm³/mol. The van der Waals surface area contributed by atoms with Gasteiger partial charge in [0, 0.05) is 5.69 Å². The van der Waals surface area contributed by atoms with E-state index in [-0.39, 0.29) is 24.1 Å². The summed E-state index contributed by atoms with van der Waals surface area (Å²) in [4.78, 5) is 24.7. The molecule has 0 spiro atoms. The molecule has 1 atom stereocenters. The molecule has 6 nitrogen and oxygen atoms in total. The van der Waals surface area contributed by atoms with Crippen LogP contribution in [-0.4, -0.2) is 18.4 Å². The number of hydrogen-bond acceptors (Lipinski definition) is 4. The molecule has 34 heavy (non-hydrogen) atoms. The van der Waals surface area contributed by atoms with Gasteiger partial charge in [0.05, 0.1) is 6.04 Å². The van der Waals surface area contributed by atoms with Crippen LogP contribution in [0.25, 0.3) is 6.08 Å². The number of ether oxygens (including phenoxy) is 1. The number of anilines is 1. The van der Waals surface area contributed by atoms with Gasteiger partial charge in [0.1, 0.15) is 17.4 Å². The summed E-state index contributed by atoms with van der Waals surface area (Å²) in [6, 6.07) is 23.9. The van der Waals surface area contributed by atoms with Crippen molar-refractivity contribution < 1.29 is 14.3 Å². The van der Waals surface area contributed by atoms with Gasteiger partial charge in [0.15, 0.2) is 6.61 Å². The molecule has 0 saturated heterocycles. The third-order valence-electron chi connectivity index (χ3n) is 5.37. The van der Waals surface area contributed by atoms with Gasteiger partial charge in [0.25, 0.3) is 11.8 Å². The van der Waals surface area contributed by atoms with E-state index in [1.165, 1.54) is 6.08 Å². The number of benzene rings is 3. The van der Waals surface area contributed by atoms with Gasteiger partial charge in [-0.05, 0) is 73.4 Å². The summed E-state index contributed by atoms with van der Waals surface area (Å²) in [5, 5.41) is 15.1. The number of carbonyl (C=O) groups excluding carboxylic acids is 2. The predicted octanol–water partition coefficient (Wildman–Crippen LogP) is 5.11. The first-order valence-corrected chi connectivity index (χ1v) is 10.9. The molecular weight excluding hydrogens is 426 g/mol. The highest BCUT2D eigenvalue weighted by molar-refractivity contribution is 6.09. The number of nitrogens with one attached hydrogen (secondary N) is 2. The van der Waals surface area contributed by atoms with E-state index < -0.39 is 5.91 Å². The molecule has 0 unspecified atom stereocenters. The molecule has 2 N–H and O–H groups in total. The summed E-state index contributed by atoms with van der Waals surface area (Å²) < 4.78 is 5.56. The van der Waals surface area contributed by atoms with Crippen LogP contribution < -0.4 is 15.4 Å². The van der Waals surface area contributed by atoms with Gasteiger partial charge in [0.2, 0.25) is 0 Å². The number of nitriles is 1. The minimum Gasteiger partial charge on any atom is -0.484 e. The van der Waals surface area contributed by atoms with Gasteiger partial charge in [-0.1, -0.05) is 48.5 Å². The first-order chi connectivity index (χ1) is 16.4. The minimum absolute atomic E-state index is 0.0128. The highest BCUT2D eigenvalue weighted by Gasteiger charge is 2.11. The van der Waals surface area contributed by atoms with Crippen LogP contribution >= 0.6 is 0 Å². The van der Waals surface area contributed by atoms with Gasteiger partial charge < -0.3 is 15.4 Å². The van der Waals surface area contributed by atoms with E-state index in [4.69, 9.17) is 4.74 Å².